The van der Waals surface area contributed by atoms with Crippen LogP contribution in [0.1, 0.15) is 31.9 Å². The molecule has 0 fully saturated rings. The van der Waals surface area contributed by atoms with Crippen molar-refractivity contribution in [3.63, 3.8) is 0 Å². The SMILES string of the molecule is CCCCn1cc(O)c(=O)cc1CN(C)CCC(=O)O. The van der Waals surface area contributed by atoms with Crippen LogP contribution < -0.4 is 5.43 Å². The number of rotatable bonds is 8. The van der Waals surface area contributed by atoms with Crippen molar-refractivity contribution in [3.8, 4) is 5.75 Å². The molecule has 0 amide bonds. The van der Waals surface area contributed by atoms with Gasteiger partial charge in [-0.1, -0.05) is 13.3 Å². The van der Waals surface area contributed by atoms with Gasteiger partial charge in [-0.05, 0) is 13.5 Å². The third kappa shape index (κ3) is 5.05. The first-order valence-corrected chi connectivity index (χ1v) is 6.76. The second-order valence-corrected chi connectivity index (χ2v) is 4.94. The number of aromatic hydroxyl groups is 1. The number of hydrogen-bond donors (Lipinski definition) is 2. The summed E-state index contributed by atoms with van der Waals surface area (Å²) in [7, 11) is 1.81. The van der Waals surface area contributed by atoms with Crippen LogP contribution in [0, 0.1) is 0 Å². The van der Waals surface area contributed by atoms with E-state index in [2.05, 4.69) is 6.92 Å². The Morgan fingerprint density at radius 3 is 2.75 bits per heavy atom. The number of carboxylic acid groups (broad SMARTS) is 1. The predicted molar refractivity (Wildman–Crippen MR) is 75.9 cm³/mol. The van der Waals surface area contributed by atoms with Gasteiger partial charge in [-0.2, -0.15) is 0 Å². The minimum Gasteiger partial charge on any atom is -0.503 e. The van der Waals surface area contributed by atoms with Gasteiger partial charge in [-0.25, -0.2) is 0 Å². The van der Waals surface area contributed by atoms with Crippen molar-refractivity contribution in [2.24, 2.45) is 0 Å². The number of aryl methyl sites for hydroxylation is 1. The van der Waals surface area contributed by atoms with Gasteiger partial charge in [0, 0.05) is 31.4 Å². The molecule has 0 atom stereocenters. The molecular formula is C14H22N2O4. The van der Waals surface area contributed by atoms with Gasteiger partial charge in [0.25, 0.3) is 0 Å². The molecule has 0 aliphatic heterocycles. The summed E-state index contributed by atoms with van der Waals surface area (Å²) in [6.45, 7) is 3.69. The molecule has 0 aliphatic carbocycles. The third-order valence-corrected chi connectivity index (χ3v) is 3.09. The van der Waals surface area contributed by atoms with E-state index in [-0.39, 0.29) is 12.2 Å². The van der Waals surface area contributed by atoms with Crippen LogP contribution in [0.5, 0.6) is 5.75 Å². The Hall–Kier alpha value is -1.82. The molecule has 0 radical (unpaired) electrons. The average Bonchev–Trinajstić information content (AvgIpc) is 2.38. The van der Waals surface area contributed by atoms with Gasteiger partial charge in [0.15, 0.2) is 5.75 Å². The van der Waals surface area contributed by atoms with Crippen LogP contribution in [0.4, 0.5) is 0 Å². The average molecular weight is 282 g/mol. The zero-order chi connectivity index (χ0) is 15.1. The fraction of sp³-hybridized carbons (Fsp3) is 0.571. The van der Waals surface area contributed by atoms with E-state index in [4.69, 9.17) is 5.11 Å². The highest BCUT2D eigenvalue weighted by atomic mass is 16.4. The summed E-state index contributed by atoms with van der Waals surface area (Å²) in [5, 5.41) is 18.2. The highest BCUT2D eigenvalue weighted by Crippen LogP contribution is 2.09. The van der Waals surface area contributed by atoms with Crippen molar-refractivity contribution >= 4 is 5.97 Å². The Labute approximate surface area is 118 Å². The molecule has 0 spiro atoms. The summed E-state index contributed by atoms with van der Waals surface area (Å²) < 4.78 is 1.86. The van der Waals surface area contributed by atoms with Gasteiger partial charge in [0.2, 0.25) is 5.43 Å². The Bertz CT molecular complexity index is 510. The van der Waals surface area contributed by atoms with Crippen molar-refractivity contribution in [2.75, 3.05) is 13.6 Å². The van der Waals surface area contributed by atoms with Gasteiger partial charge in [-0.3, -0.25) is 9.59 Å². The van der Waals surface area contributed by atoms with Gasteiger partial charge in [-0.15, -0.1) is 0 Å². The minimum atomic E-state index is -0.842. The summed E-state index contributed by atoms with van der Waals surface area (Å²) >= 11 is 0. The Kier molecular flexibility index (Phi) is 6.24. The number of pyridine rings is 1. The lowest BCUT2D eigenvalue weighted by molar-refractivity contribution is -0.137. The van der Waals surface area contributed by atoms with Gasteiger partial charge < -0.3 is 19.7 Å². The number of unbranched alkanes of at least 4 members (excludes halogenated alkanes) is 1. The summed E-state index contributed by atoms with van der Waals surface area (Å²) in [5.74, 6) is -1.09. The molecule has 1 aromatic rings. The molecule has 1 heterocycles. The molecule has 1 rings (SSSR count). The van der Waals surface area contributed by atoms with Crippen molar-refractivity contribution in [1.82, 2.24) is 9.47 Å². The number of aromatic nitrogens is 1. The van der Waals surface area contributed by atoms with E-state index in [1.165, 1.54) is 12.3 Å². The van der Waals surface area contributed by atoms with E-state index in [1.807, 2.05) is 16.5 Å². The largest absolute Gasteiger partial charge is 0.503 e. The lowest BCUT2D eigenvalue weighted by Crippen LogP contribution is -2.25. The van der Waals surface area contributed by atoms with E-state index in [1.54, 1.807) is 0 Å². The van der Waals surface area contributed by atoms with Crippen LogP contribution in [0.3, 0.4) is 0 Å². The number of nitrogens with zero attached hydrogens (tertiary/aromatic N) is 2. The molecule has 6 heteroatoms. The van der Waals surface area contributed by atoms with Crippen LogP contribution in [-0.2, 0) is 17.9 Å². The zero-order valence-electron chi connectivity index (χ0n) is 12.0. The number of hydrogen-bond acceptors (Lipinski definition) is 4. The Morgan fingerprint density at radius 1 is 1.45 bits per heavy atom. The highest BCUT2D eigenvalue weighted by Gasteiger charge is 2.09. The van der Waals surface area contributed by atoms with Gasteiger partial charge in [0.05, 0.1) is 12.6 Å². The standard InChI is InChI=1S/C14H22N2O4/c1-3-4-6-16-10-13(18)12(17)8-11(16)9-15(2)7-5-14(19)20/h8,10,18H,3-7,9H2,1-2H3,(H,19,20). The Morgan fingerprint density at radius 2 is 2.15 bits per heavy atom. The van der Waals surface area contributed by atoms with Crippen LogP contribution in [0.2, 0.25) is 0 Å². The maximum Gasteiger partial charge on any atom is 0.304 e. The molecule has 0 aliphatic rings. The van der Waals surface area contributed by atoms with E-state index in [0.717, 1.165) is 25.1 Å². The summed E-state index contributed by atoms with van der Waals surface area (Å²) in [6, 6.07) is 1.42. The van der Waals surface area contributed by atoms with Crippen LogP contribution in [0.15, 0.2) is 17.1 Å². The van der Waals surface area contributed by atoms with Crippen molar-refractivity contribution in [2.45, 2.75) is 39.3 Å². The van der Waals surface area contributed by atoms with Crippen LogP contribution >= 0.6 is 0 Å². The molecule has 6 nitrogen and oxygen atoms in total. The van der Waals surface area contributed by atoms with Crippen molar-refractivity contribution in [1.29, 1.82) is 0 Å². The highest BCUT2D eigenvalue weighted by molar-refractivity contribution is 5.66. The zero-order valence-corrected chi connectivity index (χ0v) is 12.0. The molecule has 20 heavy (non-hydrogen) atoms. The molecule has 0 saturated carbocycles. The fourth-order valence-electron chi connectivity index (χ4n) is 1.92. The summed E-state index contributed by atoms with van der Waals surface area (Å²) in [4.78, 5) is 23.9. The van der Waals surface area contributed by atoms with Gasteiger partial charge >= 0.3 is 5.97 Å². The second-order valence-electron chi connectivity index (χ2n) is 4.94. The number of aliphatic carboxylic acids is 1. The lowest BCUT2D eigenvalue weighted by atomic mass is 10.2. The molecule has 112 valence electrons. The lowest BCUT2D eigenvalue weighted by Gasteiger charge is -2.19. The normalized spacial score (nSPS) is 10.9. The Balaban J connectivity index is 2.83. The summed E-state index contributed by atoms with van der Waals surface area (Å²) in [5.41, 5.74) is 0.383. The van der Waals surface area contributed by atoms with Crippen LogP contribution in [-0.4, -0.2) is 39.2 Å². The van der Waals surface area contributed by atoms with Crippen molar-refractivity contribution in [3.05, 3.63) is 28.2 Å². The maximum atomic E-state index is 11.5. The number of carbonyl (C=O) groups is 1. The number of carboxylic acids is 1. The van der Waals surface area contributed by atoms with Crippen molar-refractivity contribution < 1.29 is 15.0 Å². The van der Waals surface area contributed by atoms with E-state index in [9.17, 15) is 14.7 Å². The second kappa shape index (κ2) is 7.69. The maximum absolute atomic E-state index is 11.5. The fourth-order valence-corrected chi connectivity index (χ4v) is 1.92. The minimum absolute atomic E-state index is 0.0633. The first kappa shape index (κ1) is 16.2. The molecule has 0 saturated heterocycles. The van der Waals surface area contributed by atoms with E-state index < -0.39 is 11.4 Å². The molecule has 2 N–H and O–H groups in total. The topological polar surface area (TPSA) is 82.8 Å². The molecular weight excluding hydrogens is 260 g/mol. The molecule has 0 aromatic carbocycles. The molecule has 1 aromatic heterocycles. The quantitative estimate of drug-likeness (QED) is 0.750. The van der Waals surface area contributed by atoms with Gasteiger partial charge in [0.1, 0.15) is 0 Å². The predicted octanol–water partition coefficient (Wildman–Crippen LogP) is 1.26. The van der Waals surface area contributed by atoms with Crippen LogP contribution in [0.25, 0.3) is 0 Å². The van der Waals surface area contributed by atoms with E-state index in [0.29, 0.717) is 13.1 Å². The first-order valence-electron chi connectivity index (χ1n) is 6.76. The third-order valence-electron chi connectivity index (χ3n) is 3.09. The molecule has 0 unspecified atom stereocenters. The van der Waals surface area contributed by atoms with E-state index >= 15 is 0 Å². The molecule has 0 bridgehead atoms. The first-order chi connectivity index (χ1) is 9.43. The summed E-state index contributed by atoms with van der Waals surface area (Å²) in [6.07, 6.45) is 3.49. The monoisotopic (exact) mass is 282 g/mol. The smallest absolute Gasteiger partial charge is 0.304 e.